The molecule has 0 aromatic rings. The van der Waals surface area contributed by atoms with Crippen LogP contribution in [0, 0.1) is 5.92 Å². The standard InChI is InChI=1S/C8H11BrFNO2/c9-5-7(12)6-1-3-11(4-2-6)8(10)13/h6H,1-5H2. The number of amides is 1. The number of carbonyl (C=O) groups is 2. The van der Waals surface area contributed by atoms with Gasteiger partial charge in [-0.3, -0.25) is 4.79 Å². The molecule has 1 aliphatic heterocycles. The molecule has 0 bridgehead atoms. The molecule has 1 heterocycles. The van der Waals surface area contributed by atoms with Crippen LogP contribution in [0.1, 0.15) is 12.8 Å². The lowest BCUT2D eigenvalue weighted by atomic mass is 9.94. The third-order valence-corrected chi connectivity index (χ3v) is 2.88. The average Bonchev–Trinajstić information content (AvgIpc) is 2.17. The molecule has 0 unspecified atom stereocenters. The quantitative estimate of drug-likeness (QED) is 0.426. The van der Waals surface area contributed by atoms with Crippen LogP contribution in [0.3, 0.4) is 0 Å². The molecule has 13 heavy (non-hydrogen) atoms. The van der Waals surface area contributed by atoms with Crippen LogP contribution in [0.25, 0.3) is 0 Å². The average molecular weight is 252 g/mol. The lowest BCUT2D eigenvalue weighted by Gasteiger charge is -2.28. The number of Topliss-reactive ketones (excluding diaryl/α,β-unsaturated/α-hetero) is 1. The van der Waals surface area contributed by atoms with E-state index in [9.17, 15) is 14.0 Å². The molecule has 3 nitrogen and oxygen atoms in total. The van der Waals surface area contributed by atoms with Crippen molar-refractivity contribution in [3.63, 3.8) is 0 Å². The summed E-state index contributed by atoms with van der Waals surface area (Å²) in [5, 5.41) is 0.348. The van der Waals surface area contributed by atoms with E-state index in [2.05, 4.69) is 15.9 Å². The van der Waals surface area contributed by atoms with Crippen molar-refractivity contribution in [3.05, 3.63) is 0 Å². The number of carbonyl (C=O) groups excluding carboxylic acids is 2. The van der Waals surface area contributed by atoms with E-state index in [0.29, 0.717) is 31.3 Å². The first kappa shape index (κ1) is 10.6. The van der Waals surface area contributed by atoms with Crippen LogP contribution in [0.5, 0.6) is 0 Å². The largest absolute Gasteiger partial charge is 0.400 e. The van der Waals surface area contributed by atoms with E-state index in [1.54, 1.807) is 0 Å². The van der Waals surface area contributed by atoms with Gasteiger partial charge in [-0.15, -0.1) is 4.39 Å². The SMILES string of the molecule is O=C(CBr)C1CCN(C(=O)F)CC1. The molecule has 0 spiro atoms. The maximum atomic E-state index is 12.2. The van der Waals surface area contributed by atoms with Crippen molar-refractivity contribution in [2.75, 3.05) is 18.4 Å². The highest BCUT2D eigenvalue weighted by molar-refractivity contribution is 9.09. The molecule has 1 fully saturated rings. The number of piperidine rings is 1. The van der Waals surface area contributed by atoms with E-state index in [1.807, 2.05) is 0 Å². The van der Waals surface area contributed by atoms with Crippen LogP contribution < -0.4 is 0 Å². The summed E-state index contributed by atoms with van der Waals surface area (Å²) < 4.78 is 12.2. The summed E-state index contributed by atoms with van der Waals surface area (Å²) in [7, 11) is 0. The summed E-state index contributed by atoms with van der Waals surface area (Å²) in [5.41, 5.74) is 0. The smallest absolute Gasteiger partial charge is 0.315 e. The third-order valence-electron chi connectivity index (χ3n) is 2.33. The molecule has 1 aliphatic rings. The predicted molar refractivity (Wildman–Crippen MR) is 49.6 cm³/mol. The van der Waals surface area contributed by atoms with E-state index < -0.39 is 6.16 Å². The highest BCUT2D eigenvalue weighted by Gasteiger charge is 2.26. The molecule has 0 aromatic heterocycles. The van der Waals surface area contributed by atoms with Gasteiger partial charge in [-0.05, 0) is 12.8 Å². The Hall–Kier alpha value is -0.450. The number of likely N-dealkylation sites (tertiary alicyclic amines) is 1. The summed E-state index contributed by atoms with van der Waals surface area (Å²) in [5.74, 6) is 0.140. The second-order valence-electron chi connectivity index (χ2n) is 3.11. The summed E-state index contributed by atoms with van der Waals surface area (Å²) in [6.45, 7) is 0.720. The van der Waals surface area contributed by atoms with Crippen LogP contribution in [-0.4, -0.2) is 35.3 Å². The Balaban J connectivity index is 2.39. The Labute approximate surface area is 84.4 Å². The van der Waals surface area contributed by atoms with Crippen LogP contribution in [0.4, 0.5) is 9.18 Å². The third kappa shape index (κ3) is 2.76. The normalized spacial score (nSPS) is 18.8. The van der Waals surface area contributed by atoms with Gasteiger partial charge < -0.3 is 4.90 Å². The van der Waals surface area contributed by atoms with Crippen molar-refractivity contribution in [1.29, 1.82) is 0 Å². The predicted octanol–water partition coefficient (Wildman–Crippen LogP) is 1.75. The maximum absolute atomic E-state index is 12.2. The van der Waals surface area contributed by atoms with E-state index in [1.165, 1.54) is 0 Å². The van der Waals surface area contributed by atoms with Gasteiger partial charge in [0.2, 0.25) is 0 Å². The van der Waals surface area contributed by atoms with E-state index in [-0.39, 0.29) is 11.7 Å². The summed E-state index contributed by atoms with van der Waals surface area (Å²) in [4.78, 5) is 22.6. The van der Waals surface area contributed by atoms with Gasteiger partial charge in [-0.2, -0.15) is 0 Å². The van der Waals surface area contributed by atoms with Gasteiger partial charge in [-0.1, -0.05) is 15.9 Å². The van der Waals surface area contributed by atoms with Gasteiger partial charge in [0.15, 0.2) is 0 Å². The zero-order valence-electron chi connectivity index (χ0n) is 7.13. The Morgan fingerprint density at radius 3 is 2.31 bits per heavy atom. The number of nitrogens with zero attached hydrogens (tertiary/aromatic N) is 1. The van der Waals surface area contributed by atoms with Gasteiger partial charge in [0.25, 0.3) is 0 Å². The minimum atomic E-state index is -1.38. The molecule has 0 saturated carbocycles. The second kappa shape index (κ2) is 4.69. The highest BCUT2D eigenvalue weighted by atomic mass is 79.9. The van der Waals surface area contributed by atoms with Gasteiger partial charge >= 0.3 is 6.16 Å². The zero-order chi connectivity index (χ0) is 9.84. The number of alkyl halides is 1. The fourth-order valence-corrected chi connectivity index (χ4v) is 1.94. The van der Waals surface area contributed by atoms with Crippen molar-refractivity contribution < 1.29 is 14.0 Å². The van der Waals surface area contributed by atoms with Crippen molar-refractivity contribution >= 4 is 27.9 Å². The molecule has 1 rings (SSSR count). The van der Waals surface area contributed by atoms with E-state index >= 15 is 0 Å². The van der Waals surface area contributed by atoms with Crippen molar-refractivity contribution in [1.82, 2.24) is 4.90 Å². The Kier molecular flexibility index (Phi) is 3.84. The lowest BCUT2D eigenvalue weighted by molar-refractivity contribution is -0.121. The monoisotopic (exact) mass is 251 g/mol. The van der Waals surface area contributed by atoms with Crippen LogP contribution in [0.15, 0.2) is 0 Å². The molecular weight excluding hydrogens is 241 g/mol. The van der Waals surface area contributed by atoms with Crippen molar-refractivity contribution in [3.8, 4) is 0 Å². The molecular formula is C8H11BrFNO2. The Morgan fingerprint density at radius 2 is 1.92 bits per heavy atom. The van der Waals surface area contributed by atoms with Crippen LogP contribution in [0.2, 0.25) is 0 Å². The summed E-state index contributed by atoms with van der Waals surface area (Å²) >= 11 is 3.09. The number of rotatable bonds is 2. The maximum Gasteiger partial charge on any atom is 0.400 e. The number of hydrogen-bond donors (Lipinski definition) is 0. The first-order valence-corrected chi connectivity index (χ1v) is 5.30. The Bertz CT molecular complexity index is 214. The molecule has 1 amide bonds. The van der Waals surface area contributed by atoms with Gasteiger partial charge in [0, 0.05) is 19.0 Å². The molecule has 0 atom stereocenters. The van der Waals surface area contributed by atoms with Gasteiger partial charge in [-0.25, -0.2) is 4.79 Å². The van der Waals surface area contributed by atoms with Gasteiger partial charge in [0.05, 0.1) is 5.33 Å². The van der Waals surface area contributed by atoms with E-state index in [4.69, 9.17) is 0 Å². The minimum Gasteiger partial charge on any atom is -0.315 e. The van der Waals surface area contributed by atoms with Gasteiger partial charge in [0.1, 0.15) is 5.78 Å². The van der Waals surface area contributed by atoms with Crippen molar-refractivity contribution in [2.45, 2.75) is 12.8 Å². The molecule has 0 aliphatic carbocycles. The van der Waals surface area contributed by atoms with E-state index in [0.717, 1.165) is 4.90 Å². The first-order valence-electron chi connectivity index (χ1n) is 4.18. The second-order valence-corrected chi connectivity index (χ2v) is 3.67. The molecule has 5 heteroatoms. The molecule has 0 aromatic carbocycles. The molecule has 0 N–H and O–H groups in total. The zero-order valence-corrected chi connectivity index (χ0v) is 8.72. The minimum absolute atomic E-state index is 0.00465. The summed E-state index contributed by atoms with van der Waals surface area (Å²) in [6, 6.07) is 0. The fraction of sp³-hybridized carbons (Fsp3) is 0.750. The number of hydrogen-bond acceptors (Lipinski definition) is 2. The van der Waals surface area contributed by atoms with Crippen LogP contribution in [-0.2, 0) is 4.79 Å². The fourth-order valence-electron chi connectivity index (χ4n) is 1.49. The first-order chi connectivity index (χ1) is 6.15. The number of ketones is 1. The van der Waals surface area contributed by atoms with Crippen molar-refractivity contribution in [2.24, 2.45) is 5.92 Å². The lowest BCUT2D eigenvalue weighted by Crippen LogP contribution is -2.38. The highest BCUT2D eigenvalue weighted by Crippen LogP contribution is 2.19. The Morgan fingerprint density at radius 1 is 1.38 bits per heavy atom. The summed E-state index contributed by atoms with van der Waals surface area (Å²) in [6.07, 6.45) is -0.218. The number of halogens is 2. The van der Waals surface area contributed by atoms with Crippen LogP contribution >= 0.6 is 15.9 Å². The molecule has 74 valence electrons. The molecule has 1 saturated heterocycles. The molecule has 0 radical (unpaired) electrons. The topological polar surface area (TPSA) is 37.4 Å².